The number of nitro groups is 1. The largest absolute Gasteiger partial charge is 0.299 e. The highest BCUT2D eigenvalue weighted by Gasteiger charge is 2.32. The van der Waals surface area contributed by atoms with Crippen LogP contribution in [0.25, 0.3) is 0 Å². The second kappa shape index (κ2) is 6.63. The van der Waals surface area contributed by atoms with Crippen molar-refractivity contribution in [1.82, 2.24) is 5.01 Å². The van der Waals surface area contributed by atoms with Gasteiger partial charge < -0.3 is 0 Å². The first-order chi connectivity index (χ1) is 12.0. The number of rotatable bonds is 5. The van der Waals surface area contributed by atoms with Crippen LogP contribution in [0.15, 0.2) is 52.9 Å². The fourth-order valence-electron chi connectivity index (χ4n) is 2.62. The van der Waals surface area contributed by atoms with E-state index in [1.54, 1.807) is 31.2 Å². The monoisotopic (exact) mass is 343 g/mol. The van der Waals surface area contributed by atoms with Gasteiger partial charge in [0.15, 0.2) is 12.5 Å². The van der Waals surface area contributed by atoms with Crippen LogP contribution < -0.4 is 5.01 Å². The van der Waals surface area contributed by atoms with E-state index in [4.69, 9.17) is 0 Å². The van der Waals surface area contributed by atoms with Crippen LogP contribution in [0.4, 0.5) is 15.8 Å². The summed E-state index contributed by atoms with van der Waals surface area (Å²) in [6.07, 6.45) is -0.280. The zero-order valence-corrected chi connectivity index (χ0v) is 13.2. The number of aldehydes is 1. The van der Waals surface area contributed by atoms with Crippen molar-refractivity contribution >= 4 is 17.7 Å². The van der Waals surface area contributed by atoms with Crippen LogP contribution in [-0.4, -0.2) is 22.4 Å². The molecule has 0 saturated carbocycles. The van der Waals surface area contributed by atoms with Crippen molar-refractivity contribution in [3.8, 4) is 0 Å². The minimum atomic E-state index is -0.896. The lowest BCUT2D eigenvalue weighted by Crippen LogP contribution is -2.39. The molecule has 0 saturated heterocycles. The minimum Gasteiger partial charge on any atom is -0.299 e. The first-order valence-electron chi connectivity index (χ1n) is 7.42. The number of benzene rings is 2. The van der Waals surface area contributed by atoms with E-state index in [2.05, 4.69) is 10.4 Å². The van der Waals surface area contributed by atoms with Crippen LogP contribution in [0.5, 0.6) is 0 Å². The van der Waals surface area contributed by atoms with E-state index in [0.29, 0.717) is 11.8 Å². The maximum Gasteiger partial charge on any atom is 0.272 e. The van der Waals surface area contributed by atoms with Gasteiger partial charge in [0.25, 0.3) is 5.69 Å². The van der Waals surface area contributed by atoms with E-state index in [1.807, 2.05) is 0 Å². The molecule has 0 amide bonds. The van der Waals surface area contributed by atoms with Gasteiger partial charge >= 0.3 is 0 Å². The van der Waals surface area contributed by atoms with Gasteiger partial charge in [-0.25, -0.2) is 14.4 Å². The summed E-state index contributed by atoms with van der Waals surface area (Å²) in [5.41, 5.74) is 1.40. The van der Waals surface area contributed by atoms with Crippen molar-refractivity contribution in [3.63, 3.8) is 0 Å². The van der Waals surface area contributed by atoms with Crippen molar-refractivity contribution in [3.05, 3.63) is 69.5 Å². The highest BCUT2D eigenvalue weighted by atomic mass is 19.1. The zero-order valence-electron chi connectivity index (χ0n) is 13.2. The third kappa shape index (κ3) is 3.16. The number of para-hydroxylation sites is 1. The molecule has 2 aromatic rings. The van der Waals surface area contributed by atoms with E-state index in [9.17, 15) is 19.3 Å². The molecular formula is C16H14FN5O3. The second-order valence-corrected chi connectivity index (χ2v) is 5.50. The predicted molar refractivity (Wildman–Crippen MR) is 87.0 cm³/mol. The molecule has 0 aromatic heterocycles. The van der Waals surface area contributed by atoms with E-state index in [1.165, 1.54) is 28.2 Å². The number of nitrogens with zero attached hydrogens (tertiary/aromatic N) is 5. The van der Waals surface area contributed by atoms with Crippen molar-refractivity contribution < 1.29 is 14.1 Å². The Bertz CT molecular complexity index is 857. The molecule has 25 heavy (non-hydrogen) atoms. The summed E-state index contributed by atoms with van der Waals surface area (Å²) in [6.45, 7) is 1.84. The summed E-state index contributed by atoms with van der Waals surface area (Å²) in [7, 11) is 0. The molecule has 0 radical (unpaired) electrons. The van der Waals surface area contributed by atoms with E-state index in [-0.39, 0.29) is 17.9 Å². The number of carbonyl (C=O) groups is 1. The zero-order chi connectivity index (χ0) is 18.0. The summed E-state index contributed by atoms with van der Waals surface area (Å²) in [5, 5.41) is 21.3. The van der Waals surface area contributed by atoms with Crippen molar-refractivity contribution in [2.75, 3.05) is 5.01 Å². The third-order valence-electron chi connectivity index (χ3n) is 3.83. The molecule has 0 N–H and O–H groups in total. The Morgan fingerprint density at radius 3 is 2.68 bits per heavy atom. The highest BCUT2D eigenvalue weighted by Crippen LogP contribution is 2.28. The number of nitro benzene ring substituents is 1. The molecule has 0 spiro atoms. The summed E-state index contributed by atoms with van der Waals surface area (Å²) in [4.78, 5) is 21.9. The number of hydrogen-bond donors (Lipinski definition) is 0. The quantitative estimate of drug-likeness (QED) is 0.472. The number of carbonyl (C=O) groups excluding carboxylic acids is 1. The van der Waals surface area contributed by atoms with Crippen LogP contribution in [0, 0.1) is 22.9 Å². The lowest BCUT2D eigenvalue weighted by Gasteiger charge is -2.23. The molecule has 3 rings (SSSR count). The Morgan fingerprint density at radius 1 is 1.28 bits per heavy atom. The van der Waals surface area contributed by atoms with Crippen molar-refractivity contribution in [2.24, 2.45) is 10.4 Å². The van der Waals surface area contributed by atoms with Crippen LogP contribution in [0.3, 0.4) is 0 Å². The number of halogens is 1. The minimum absolute atomic E-state index is 0.0201. The molecule has 2 aromatic carbocycles. The Balaban J connectivity index is 1.81. The average molecular weight is 343 g/mol. The Kier molecular flexibility index (Phi) is 4.38. The van der Waals surface area contributed by atoms with Gasteiger partial charge in [0.2, 0.25) is 0 Å². The molecule has 1 aliphatic heterocycles. The van der Waals surface area contributed by atoms with Gasteiger partial charge in [-0.05, 0) is 35.9 Å². The number of aryl methyl sites for hydroxylation is 1. The first kappa shape index (κ1) is 16.5. The first-order valence-corrected chi connectivity index (χ1v) is 7.42. The second-order valence-electron chi connectivity index (χ2n) is 5.50. The molecular weight excluding hydrogens is 329 g/mol. The molecule has 1 heterocycles. The van der Waals surface area contributed by atoms with Gasteiger partial charge in [0, 0.05) is 11.6 Å². The van der Waals surface area contributed by atoms with Gasteiger partial charge in [-0.1, -0.05) is 23.4 Å². The molecule has 128 valence electrons. The Labute approximate surface area is 142 Å². The smallest absolute Gasteiger partial charge is 0.272 e. The fraction of sp³-hybridized carbons (Fsp3) is 0.188. The van der Waals surface area contributed by atoms with Crippen LogP contribution in [-0.2, 0) is 11.3 Å². The molecule has 8 nitrogen and oxygen atoms in total. The third-order valence-corrected chi connectivity index (χ3v) is 3.83. The van der Waals surface area contributed by atoms with Crippen LogP contribution >= 0.6 is 0 Å². The normalized spacial score (nSPS) is 16.3. The molecule has 1 aliphatic rings. The van der Waals surface area contributed by atoms with Crippen LogP contribution in [0.1, 0.15) is 11.1 Å². The van der Waals surface area contributed by atoms with E-state index >= 15 is 0 Å². The van der Waals surface area contributed by atoms with Gasteiger partial charge in [-0.3, -0.25) is 14.9 Å². The summed E-state index contributed by atoms with van der Waals surface area (Å²) in [6, 6.07) is 10.6. The molecule has 0 fully saturated rings. The summed E-state index contributed by atoms with van der Waals surface area (Å²) in [5.74, 6) is -0.513. The molecule has 1 atom stereocenters. The molecule has 1 unspecified atom stereocenters. The van der Waals surface area contributed by atoms with Gasteiger partial charge in [0.1, 0.15) is 5.82 Å². The topological polar surface area (TPSA) is 91.4 Å². The lowest BCUT2D eigenvalue weighted by molar-refractivity contribution is -0.385. The van der Waals surface area contributed by atoms with Gasteiger partial charge in [-0.15, -0.1) is 0 Å². The summed E-state index contributed by atoms with van der Waals surface area (Å²) >= 11 is 0. The molecule has 9 heteroatoms. The average Bonchev–Trinajstić information content (AvgIpc) is 2.97. The molecule has 0 aliphatic carbocycles. The standard InChI is InChI=1S/C16H14FN5O3/c1-11-8-12(6-7-14(11)22(24)25)9-20-16(10-23)21(19-18-20)15-5-3-2-4-13(15)17/h2-8,10,16H,9H2,1H3. The predicted octanol–water partition coefficient (Wildman–Crippen LogP) is 3.17. The van der Waals surface area contributed by atoms with E-state index in [0.717, 1.165) is 5.56 Å². The van der Waals surface area contributed by atoms with E-state index < -0.39 is 16.9 Å². The fourth-order valence-corrected chi connectivity index (χ4v) is 2.62. The SMILES string of the molecule is Cc1cc(CN2N=NN(c3ccccc3F)C2C=O)ccc1[N+](=O)[O-]. The maximum atomic E-state index is 13.9. The Morgan fingerprint density at radius 2 is 2.04 bits per heavy atom. The number of hydrogen-bond acceptors (Lipinski definition) is 7. The summed E-state index contributed by atoms with van der Waals surface area (Å²) < 4.78 is 13.9. The van der Waals surface area contributed by atoms with Gasteiger partial charge in [0.05, 0.1) is 17.2 Å². The van der Waals surface area contributed by atoms with Crippen molar-refractivity contribution in [1.29, 1.82) is 0 Å². The highest BCUT2D eigenvalue weighted by molar-refractivity contribution is 5.65. The Hall–Kier alpha value is -3.36. The van der Waals surface area contributed by atoms with Crippen molar-refractivity contribution in [2.45, 2.75) is 19.6 Å². The lowest BCUT2D eigenvalue weighted by atomic mass is 10.1. The number of anilines is 1. The van der Waals surface area contributed by atoms with Gasteiger partial charge in [-0.2, -0.15) is 0 Å². The maximum absolute atomic E-state index is 13.9. The van der Waals surface area contributed by atoms with Crippen LogP contribution in [0.2, 0.25) is 0 Å². The molecule has 0 bridgehead atoms.